The molecule has 0 saturated carbocycles. The molecule has 6 nitrogen and oxygen atoms in total. The van der Waals surface area contributed by atoms with E-state index in [1.165, 1.54) is 11.3 Å². The van der Waals surface area contributed by atoms with Gasteiger partial charge in [0.25, 0.3) is 11.8 Å². The molecule has 0 aliphatic heterocycles. The molecule has 3 rings (SSSR count). The van der Waals surface area contributed by atoms with Crippen LogP contribution in [0.1, 0.15) is 52.2 Å². The van der Waals surface area contributed by atoms with Crippen LogP contribution >= 0.6 is 11.3 Å². The van der Waals surface area contributed by atoms with Crippen LogP contribution in [0, 0.1) is 0 Å². The zero-order chi connectivity index (χ0) is 20.1. The molecule has 0 atom stereocenters. The Morgan fingerprint density at radius 1 is 1.00 bits per heavy atom. The molecule has 7 heteroatoms. The van der Waals surface area contributed by atoms with Gasteiger partial charge in [-0.1, -0.05) is 39.0 Å². The minimum Gasteiger partial charge on any atom is -0.347 e. The third kappa shape index (κ3) is 5.01. The summed E-state index contributed by atoms with van der Waals surface area (Å²) in [5, 5.41) is 7.52. The maximum absolute atomic E-state index is 12.4. The second kappa shape index (κ2) is 8.31. The minimum atomic E-state index is -0.235. The van der Waals surface area contributed by atoms with Crippen LogP contribution in [0.2, 0.25) is 0 Å². The molecule has 0 spiro atoms. The second-order valence-electron chi connectivity index (χ2n) is 7.36. The van der Waals surface area contributed by atoms with E-state index < -0.39 is 0 Å². The summed E-state index contributed by atoms with van der Waals surface area (Å²) >= 11 is 1.40. The highest BCUT2D eigenvalue weighted by atomic mass is 32.1. The third-order valence-electron chi connectivity index (χ3n) is 3.99. The summed E-state index contributed by atoms with van der Waals surface area (Å²) in [5.41, 5.74) is 1.84. The minimum absolute atomic E-state index is 0.101. The number of benzene rings is 1. The average molecular weight is 395 g/mol. The van der Waals surface area contributed by atoms with Crippen molar-refractivity contribution in [3.63, 3.8) is 0 Å². The van der Waals surface area contributed by atoms with Crippen LogP contribution < -0.4 is 10.6 Å². The second-order valence-corrected chi connectivity index (χ2v) is 8.30. The Morgan fingerprint density at radius 3 is 2.25 bits per heavy atom. The number of nitrogens with one attached hydrogen (secondary N) is 2. The molecule has 2 aromatic heterocycles. The largest absolute Gasteiger partial charge is 0.347 e. The molecule has 2 heterocycles. The SMILES string of the molecule is CC(C)(C)c1ncc(NC(=O)c2ccc(CNC(=O)c3cccs3)cc2)cn1. The molecule has 0 radical (unpaired) electrons. The fourth-order valence-corrected chi connectivity index (χ4v) is 3.07. The fourth-order valence-electron chi connectivity index (χ4n) is 2.43. The highest BCUT2D eigenvalue weighted by Gasteiger charge is 2.17. The number of hydrogen-bond donors (Lipinski definition) is 2. The van der Waals surface area contributed by atoms with Gasteiger partial charge in [0.1, 0.15) is 5.82 Å². The van der Waals surface area contributed by atoms with E-state index in [0.29, 0.717) is 22.7 Å². The van der Waals surface area contributed by atoms with Gasteiger partial charge < -0.3 is 10.6 Å². The van der Waals surface area contributed by atoms with Crippen molar-refractivity contribution >= 4 is 28.8 Å². The molecule has 2 amide bonds. The number of hydrogen-bond acceptors (Lipinski definition) is 5. The first kappa shape index (κ1) is 19.7. The van der Waals surface area contributed by atoms with Gasteiger partial charge in [0, 0.05) is 17.5 Å². The Balaban J connectivity index is 1.57. The summed E-state index contributed by atoms with van der Waals surface area (Å²) in [6.07, 6.45) is 3.22. The zero-order valence-corrected chi connectivity index (χ0v) is 16.8. The lowest BCUT2D eigenvalue weighted by atomic mass is 9.96. The fraction of sp³-hybridized carbons (Fsp3) is 0.238. The van der Waals surface area contributed by atoms with Crippen LogP contribution in [-0.4, -0.2) is 21.8 Å². The first-order valence-corrected chi connectivity index (χ1v) is 9.75. The highest BCUT2D eigenvalue weighted by Crippen LogP contribution is 2.18. The lowest BCUT2D eigenvalue weighted by molar-refractivity contribution is 0.0953. The van der Waals surface area contributed by atoms with Gasteiger partial charge in [-0.25, -0.2) is 9.97 Å². The molecular formula is C21H22N4O2S. The van der Waals surface area contributed by atoms with Crippen LogP contribution in [-0.2, 0) is 12.0 Å². The number of carbonyl (C=O) groups excluding carboxylic acids is 2. The van der Waals surface area contributed by atoms with E-state index in [2.05, 4.69) is 20.6 Å². The van der Waals surface area contributed by atoms with Crippen molar-refractivity contribution in [1.29, 1.82) is 0 Å². The normalized spacial score (nSPS) is 11.1. The molecule has 1 aromatic carbocycles. The lowest BCUT2D eigenvalue weighted by Crippen LogP contribution is -2.21. The van der Waals surface area contributed by atoms with Crippen molar-refractivity contribution in [2.24, 2.45) is 0 Å². The standard InChI is InChI=1S/C21H22N4O2S/c1-21(2,3)20-23-12-16(13-24-20)25-18(26)15-8-6-14(7-9-15)11-22-19(27)17-5-4-10-28-17/h4-10,12-13H,11H2,1-3H3,(H,22,27)(H,25,26). The number of amides is 2. The van der Waals surface area contributed by atoms with E-state index >= 15 is 0 Å². The number of carbonyl (C=O) groups is 2. The van der Waals surface area contributed by atoms with Gasteiger partial charge in [0.05, 0.1) is 23.0 Å². The summed E-state index contributed by atoms with van der Waals surface area (Å²) in [6.45, 7) is 6.50. The van der Waals surface area contributed by atoms with Crippen molar-refractivity contribution in [2.45, 2.75) is 32.7 Å². The first-order valence-electron chi connectivity index (χ1n) is 8.87. The summed E-state index contributed by atoms with van der Waals surface area (Å²) in [7, 11) is 0. The molecule has 0 fully saturated rings. The van der Waals surface area contributed by atoms with E-state index in [1.54, 1.807) is 30.6 Å². The summed E-state index contributed by atoms with van der Waals surface area (Å²) < 4.78 is 0. The third-order valence-corrected chi connectivity index (χ3v) is 4.86. The van der Waals surface area contributed by atoms with E-state index in [1.807, 2.05) is 44.4 Å². The predicted molar refractivity (Wildman–Crippen MR) is 111 cm³/mol. The maximum atomic E-state index is 12.4. The van der Waals surface area contributed by atoms with Crippen molar-refractivity contribution < 1.29 is 9.59 Å². The van der Waals surface area contributed by atoms with Crippen molar-refractivity contribution in [1.82, 2.24) is 15.3 Å². The molecule has 0 aliphatic carbocycles. The smallest absolute Gasteiger partial charge is 0.261 e. The summed E-state index contributed by atoms with van der Waals surface area (Å²) in [4.78, 5) is 33.7. The molecule has 0 saturated heterocycles. The Bertz CT molecular complexity index is 944. The first-order chi connectivity index (χ1) is 13.3. The van der Waals surface area contributed by atoms with Crippen molar-refractivity contribution in [2.75, 3.05) is 5.32 Å². The molecule has 0 unspecified atom stereocenters. The number of anilines is 1. The van der Waals surface area contributed by atoms with E-state index in [-0.39, 0.29) is 17.2 Å². The number of rotatable bonds is 5. The Kier molecular flexibility index (Phi) is 5.84. The Morgan fingerprint density at radius 2 is 1.68 bits per heavy atom. The number of thiophene rings is 1. The quantitative estimate of drug-likeness (QED) is 0.685. The Hall–Kier alpha value is -3.06. The van der Waals surface area contributed by atoms with E-state index in [4.69, 9.17) is 0 Å². The predicted octanol–water partition coefficient (Wildman–Crippen LogP) is 4.02. The monoisotopic (exact) mass is 394 g/mol. The van der Waals surface area contributed by atoms with Crippen LogP contribution in [0.5, 0.6) is 0 Å². The van der Waals surface area contributed by atoms with Gasteiger partial charge >= 0.3 is 0 Å². The van der Waals surface area contributed by atoms with Crippen LogP contribution in [0.25, 0.3) is 0 Å². The van der Waals surface area contributed by atoms with Gasteiger partial charge in [-0.15, -0.1) is 11.3 Å². The Labute approximate surface area is 168 Å². The van der Waals surface area contributed by atoms with Crippen LogP contribution in [0.4, 0.5) is 5.69 Å². The van der Waals surface area contributed by atoms with Gasteiger partial charge in [-0.2, -0.15) is 0 Å². The van der Waals surface area contributed by atoms with Gasteiger partial charge in [-0.3, -0.25) is 9.59 Å². The molecule has 3 aromatic rings. The topological polar surface area (TPSA) is 84.0 Å². The van der Waals surface area contributed by atoms with E-state index in [0.717, 1.165) is 11.4 Å². The molecule has 2 N–H and O–H groups in total. The summed E-state index contributed by atoms with van der Waals surface area (Å²) in [6, 6.07) is 10.7. The van der Waals surface area contributed by atoms with Crippen molar-refractivity contribution in [3.8, 4) is 0 Å². The molecule has 28 heavy (non-hydrogen) atoms. The average Bonchev–Trinajstić information content (AvgIpc) is 3.21. The van der Waals surface area contributed by atoms with Gasteiger partial charge in [0.2, 0.25) is 0 Å². The lowest BCUT2D eigenvalue weighted by Gasteiger charge is -2.16. The molecule has 144 valence electrons. The van der Waals surface area contributed by atoms with Gasteiger partial charge in [0.15, 0.2) is 0 Å². The van der Waals surface area contributed by atoms with E-state index in [9.17, 15) is 9.59 Å². The maximum Gasteiger partial charge on any atom is 0.261 e. The van der Waals surface area contributed by atoms with Gasteiger partial charge in [-0.05, 0) is 29.1 Å². The summed E-state index contributed by atoms with van der Waals surface area (Å²) in [5.74, 6) is 0.385. The van der Waals surface area contributed by atoms with Crippen LogP contribution in [0.15, 0.2) is 54.2 Å². The van der Waals surface area contributed by atoms with Crippen LogP contribution in [0.3, 0.4) is 0 Å². The number of nitrogens with zero attached hydrogens (tertiary/aromatic N) is 2. The highest BCUT2D eigenvalue weighted by molar-refractivity contribution is 7.12. The van der Waals surface area contributed by atoms with Crippen molar-refractivity contribution in [3.05, 3.63) is 76.0 Å². The zero-order valence-electron chi connectivity index (χ0n) is 16.0. The number of aromatic nitrogens is 2. The molecule has 0 bridgehead atoms. The molecular weight excluding hydrogens is 372 g/mol. The molecule has 0 aliphatic rings.